The molecule has 31 heavy (non-hydrogen) atoms. The van der Waals surface area contributed by atoms with E-state index >= 15 is 0 Å². The number of carbonyl (C=O) groups is 1. The van der Waals surface area contributed by atoms with Crippen molar-refractivity contribution in [1.29, 1.82) is 0 Å². The lowest BCUT2D eigenvalue weighted by molar-refractivity contribution is 0.0958. The summed E-state index contributed by atoms with van der Waals surface area (Å²) in [5.41, 5.74) is 2.39. The van der Waals surface area contributed by atoms with Crippen molar-refractivity contribution in [2.75, 3.05) is 18.0 Å². The Morgan fingerprint density at radius 1 is 0.935 bits per heavy atom. The maximum absolute atomic E-state index is 14.3. The SMILES string of the molecule is Cc1ccc(N(C(=O)c2ccccc2)C2CCN(Cc3ccccc3F)CC2)cc1F. The average molecular weight is 421 g/mol. The second kappa shape index (κ2) is 9.40. The summed E-state index contributed by atoms with van der Waals surface area (Å²) >= 11 is 0. The largest absolute Gasteiger partial charge is 0.305 e. The Morgan fingerprint density at radius 3 is 2.29 bits per heavy atom. The van der Waals surface area contributed by atoms with Crippen molar-refractivity contribution in [2.24, 2.45) is 0 Å². The Bertz CT molecular complexity index is 1050. The molecule has 0 N–H and O–H groups in total. The number of amides is 1. The lowest BCUT2D eigenvalue weighted by atomic mass is 9.99. The minimum Gasteiger partial charge on any atom is -0.305 e. The summed E-state index contributed by atoms with van der Waals surface area (Å²) < 4.78 is 28.4. The summed E-state index contributed by atoms with van der Waals surface area (Å²) in [6.45, 7) is 3.74. The highest BCUT2D eigenvalue weighted by molar-refractivity contribution is 6.06. The minimum atomic E-state index is -0.319. The summed E-state index contributed by atoms with van der Waals surface area (Å²) in [5, 5.41) is 0. The smallest absolute Gasteiger partial charge is 0.258 e. The Kier molecular flexibility index (Phi) is 6.42. The first-order chi connectivity index (χ1) is 15.0. The third-order valence-electron chi connectivity index (χ3n) is 5.95. The van der Waals surface area contributed by atoms with E-state index in [1.807, 2.05) is 36.4 Å². The molecule has 1 fully saturated rings. The van der Waals surface area contributed by atoms with Crippen molar-refractivity contribution in [2.45, 2.75) is 32.4 Å². The van der Waals surface area contributed by atoms with Gasteiger partial charge in [-0.25, -0.2) is 8.78 Å². The molecule has 0 aliphatic carbocycles. The molecule has 160 valence electrons. The van der Waals surface area contributed by atoms with E-state index in [1.165, 1.54) is 12.1 Å². The molecule has 0 radical (unpaired) electrons. The van der Waals surface area contributed by atoms with E-state index in [4.69, 9.17) is 0 Å². The van der Waals surface area contributed by atoms with Gasteiger partial charge in [0.25, 0.3) is 5.91 Å². The van der Waals surface area contributed by atoms with Gasteiger partial charge in [-0.2, -0.15) is 0 Å². The van der Waals surface area contributed by atoms with Crippen molar-refractivity contribution < 1.29 is 13.6 Å². The van der Waals surface area contributed by atoms with Crippen LogP contribution in [0.5, 0.6) is 0 Å². The molecule has 1 heterocycles. The van der Waals surface area contributed by atoms with Gasteiger partial charge in [0, 0.05) is 42.5 Å². The van der Waals surface area contributed by atoms with Crippen LogP contribution in [0.3, 0.4) is 0 Å². The summed E-state index contributed by atoms with van der Waals surface area (Å²) in [6, 6.07) is 20.8. The zero-order chi connectivity index (χ0) is 21.8. The van der Waals surface area contributed by atoms with E-state index in [1.54, 1.807) is 36.1 Å². The van der Waals surface area contributed by atoms with E-state index in [9.17, 15) is 13.6 Å². The average Bonchev–Trinajstić information content (AvgIpc) is 2.79. The standard InChI is InChI=1S/C26H26F2N2O/c1-19-11-12-23(17-25(19)28)30(26(31)20-7-3-2-4-8-20)22-13-15-29(16-14-22)18-21-9-5-6-10-24(21)27/h2-12,17,22H,13-16,18H2,1H3. The lowest BCUT2D eigenvalue weighted by Gasteiger charge is -2.38. The second-order valence-corrected chi connectivity index (χ2v) is 8.07. The molecule has 1 aliphatic heterocycles. The molecule has 0 aromatic heterocycles. The zero-order valence-corrected chi connectivity index (χ0v) is 17.6. The molecule has 3 aromatic rings. The number of rotatable bonds is 5. The summed E-state index contributed by atoms with van der Waals surface area (Å²) in [5.74, 6) is -0.641. The van der Waals surface area contributed by atoms with Crippen LogP contribution in [0.4, 0.5) is 14.5 Å². The fourth-order valence-electron chi connectivity index (χ4n) is 4.15. The van der Waals surface area contributed by atoms with Crippen molar-refractivity contribution in [3.8, 4) is 0 Å². The van der Waals surface area contributed by atoms with E-state index in [0.29, 0.717) is 28.9 Å². The summed E-state index contributed by atoms with van der Waals surface area (Å²) in [4.78, 5) is 17.3. The van der Waals surface area contributed by atoms with Crippen molar-refractivity contribution in [3.63, 3.8) is 0 Å². The third kappa shape index (κ3) is 4.83. The molecule has 0 atom stereocenters. The van der Waals surface area contributed by atoms with Crippen molar-refractivity contribution >= 4 is 11.6 Å². The summed E-state index contributed by atoms with van der Waals surface area (Å²) in [6.07, 6.45) is 1.48. The first kappa shape index (κ1) is 21.2. The zero-order valence-electron chi connectivity index (χ0n) is 17.6. The van der Waals surface area contributed by atoms with E-state index in [-0.39, 0.29) is 23.6 Å². The maximum Gasteiger partial charge on any atom is 0.258 e. The van der Waals surface area contributed by atoms with Crippen LogP contribution in [0.25, 0.3) is 0 Å². The highest BCUT2D eigenvalue weighted by atomic mass is 19.1. The van der Waals surface area contributed by atoms with Gasteiger partial charge in [-0.1, -0.05) is 42.5 Å². The minimum absolute atomic E-state index is 0.0494. The first-order valence-electron chi connectivity index (χ1n) is 10.6. The first-order valence-corrected chi connectivity index (χ1v) is 10.6. The Hall–Kier alpha value is -3.05. The monoisotopic (exact) mass is 420 g/mol. The number of halogens is 2. The topological polar surface area (TPSA) is 23.6 Å². The fraction of sp³-hybridized carbons (Fsp3) is 0.269. The molecular weight excluding hydrogens is 394 g/mol. The van der Waals surface area contributed by atoms with Crippen LogP contribution in [-0.4, -0.2) is 29.9 Å². The van der Waals surface area contributed by atoms with Gasteiger partial charge >= 0.3 is 0 Å². The maximum atomic E-state index is 14.3. The van der Waals surface area contributed by atoms with Crippen LogP contribution in [0.15, 0.2) is 72.8 Å². The van der Waals surface area contributed by atoms with Gasteiger partial charge in [-0.3, -0.25) is 9.69 Å². The summed E-state index contributed by atoms with van der Waals surface area (Å²) in [7, 11) is 0. The van der Waals surface area contributed by atoms with Crippen LogP contribution in [0.2, 0.25) is 0 Å². The molecule has 1 amide bonds. The molecular formula is C26H26F2N2O. The molecule has 1 aliphatic rings. The number of hydrogen-bond acceptors (Lipinski definition) is 2. The second-order valence-electron chi connectivity index (χ2n) is 8.07. The molecule has 1 saturated heterocycles. The van der Waals surface area contributed by atoms with Crippen LogP contribution in [0.1, 0.15) is 34.3 Å². The molecule has 0 spiro atoms. The number of benzene rings is 3. The van der Waals surface area contributed by atoms with E-state index in [0.717, 1.165) is 25.9 Å². The van der Waals surface area contributed by atoms with Gasteiger partial charge < -0.3 is 4.90 Å². The number of nitrogens with zero attached hydrogens (tertiary/aromatic N) is 2. The Balaban J connectivity index is 1.54. The van der Waals surface area contributed by atoms with Crippen LogP contribution in [-0.2, 0) is 6.54 Å². The molecule has 0 bridgehead atoms. The lowest BCUT2D eigenvalue weighted by Crippen LogP contribution is -2.47. The quantitative estimate of drug-likeness (QED) is 0.538. The predicted octanol–water partition coefficient (Wildman–Crippen LogP) is 5.58. The fourth-order valence-corrected chi connectivity index (χ4v) is 4.15. The third-order valence-corrected chi connectivity index (χ3v) is 5.95. The van der Waals surface area contributed by atoms with Crippen LogP contribution >= 0.6 is 0 Å². The number of anilines is 1. The number of aryl methyl sites for hydroxylation is 1. The Labute approximate surface area is 181 Å². The molecule has 3 nitrogen and oxygen atoms in total. The molecule has 0 saturated carbocycles. The molecule has 4 rings (SSSR count). The van der Waals surface area contributed by atoms with Gasteiger partial charge in [0.05, 0.1) is 0 Å². The van der Waals surface area contributed by atoms with Crippen molar-refractivity contribution in [3.05, 3.63) is 101 Å². The van der Waals surface area contributed by atoms with E-state index < -0.39 is 0 Å². The number of carbonyl (C=O) groups excluding carboxylic acids is 1. The number of hydrogen-bond donors (Lipinski definition) is 0. The van der Waals surface area contributed by atoms with Gasteiger partial charge in [0.15, 0.2) is 0 Å². The molecule has 3 aromatic carbocycles. The highest BCUT2D eigenvalue weighted by Gasteiger charge is 2.30. The van der Waals surface area contributed by atoms with Crippen LogP contribution < -0.4 is 4.90 Å². The predicted molar refractivity (Wildman–Crippen MR) is 119 cm³/mol. The van der Waals surface area contributed by atoms with Crippen molar-refractivity contribution in [1.82, 2.24) is 4.90 Å². The normalized spacial score (nSPS) is 15.1. The molecule has 0 unspecified atom stereocenters. The van der Waals surface area contributed by atoms with E-state index in [2.05, 4.69) is 4.90 Å². The number of piperidine rings is 1. The van der Waals surface area contributed by atoms with Gasteiger partial charge in [-0.15, -0.1) is 0 Å². The van der Waals surface area contributed by atoms with Gasteiger partial charge in [0.2, 0.25) is 0 Å². The molecule has 5 heteroatoms. The van der Waals surface area contributed by atoms with Crippen LogP contribution in [0, 0.1) is 18.6 Å². The van der Waals surface area contributed by atoms with Gasteiger partial charge in [0.1, 0.15) is 11.6 Å². The van der Waals surface area contributed by atoms with Gasteiger partial charge in [-0.05, 0) is 55.7 Å². The highest BCUT2D eigenvalue weighted by Crippen LogP contribution is 2.28. The number of likely N-dealkylation sites (tertiary alicyclic amines) is 1. The Morgan fingerprint density at radius 2 is 1.61 bits per heavy atom.